The number of aromatic nitrogens is 1. The van der Waals surface area contributed by atoms with E-state index in [2.05, 4.69) is 16.9 Å². The Morgan fingerprint density at radius 3 is 2.60 bits per heavy atom. The molecule has 2 aromatic rings. The van der Waals surface area contributed by atoms with E-state index in [-0.39, 0.29) is 11.8 Å². The minimum absolute atomic E-state index is 0.00162. The van der Waals surface area contributed by atoms with Gasteiger partial charge in [-0.2, -0.15) is 0 Å². The smallest absolute Gasteiger partial charge is 0.228 e. The monoisotopic (exact) mass is 266 g/mol. The molecule has 0 fully saturated rings. The molecule has 0 aliphatic heterocycles. The van der Waals surface area contributed by atoms with Gasteiger partial charge in [0.15, 0.2) is 0 Å². The van der Waals surface area contributed by atoms with E-state index in [9.17, 15) is 4.79 Å². The molecule has 0 aliphatic rings. The summed E-state index contributed by atoms with van der Waals surface area (Å²) >= 11 is 0. The predicted molar refractivity (Wildman–Crippen MR) is 80.3 cm³/mol. The van der Waals surface area contributed by atoms with Crippen molar-refractivity contribution in [2.24, 2.45) is 0 Å². The maximum Gasteiger partial charge on any atom is 0.228 e. The zero-order chi connectivity index (χ0) is 14.2. The van der Waals surface area contributed by atoms with Crippen LogP contribution in [0, 0.1) is 0 Å². The van der Waals surface area contributed by atoms with Crippen molar-refractivity contribution < 1.29 is 4.79 Å². The molecule has 1 heterocycles. The van der Waals surface area contributed by atoms with Crippen molar-refractivity contribution in [2.45, 2.75) is 12.3 Å². The molecule has 0 bridgehead atoms. The minimum atomic E-state index is -0.231. The van der Waals surface area contributed by atoms with Crippen LogP contribution in [-0.4, -0.2) is 17.4 Å². The number of hydrogen-bond donors (Lipinski definition) is 1. The number of nitrogens with zero attached hydrogens (tertiary/aromatic N) is 1. The predicted octanol–water partition coefficient (Wildman–Crippen LogP) is 2.71. The van der Waals surface area contributed by atoms with E-state index in [1.165, 1.54) is 0 Å². The highest BCUT2D eigenvalue weighted by Crippen LogP contribution is 2.20. The van der Waals surface area contributed by atoms with Crippen LogP contribution < -0.4 is 5.32 Å². The number of amides is 1. The SMILES string of the molecule is C=CCNC(=O)C(Cc1ccccn1)c1ccccc1. The van der Waals surface area contributed by atoms with Crippen LogP contribution in [0.1, 0.15) is 17.2 Å². The molecule has 20 heavy (non-hydrogen) atoms. The molecule has 3 heteroatoms. The van der Waals surface area contributed by atoms with Gasteiger partial charge in [-0.25, -0.2) is 0 Å². The summed E-state index contributed by atoms with van der Waals surface area (Å²) in [5, 5.41) is 2.87. The second-order valence-corrected chi connectivity index (χ2v) is 4.52. The Morgan fingerprint density at radius 1 is 1.20 bits per heavy atom. The van der Waals surface area contributed by atoms with Crippen LogP contribution in [0.25, 0.3) is 0 Å². The zero-order valence-corrected chi connectivity index (χ0v) is 11.3. The standard InChI is InChI=1S/C17H18N2O/c1-2-11-19-17(20)16(14-8-4-3-5-9-14)13-15-10-6-7-12-18-15/h2-10,12,16H,1,11,13H2,(H,19,20). The Labute approximate surface area is 119 Å². The van der Waals surface area contributed by atoms with Gasteiger partial charge in [-0.05, 0) is 17.7 Å². The average molecular weight is 266 g/mol. The van der Waals surface area contributed by atoms with Gasteiger partial charge in [-0.1, -0.05) is 42.5 Å². The summed E-state index contributed by atoms with van der Waals surface area (Å²) in [7, 11) is 0. The van der Waals surface area contributed by atoms with Crippen molar-refractivity contribution in [2.75, 3.05) is 6.54 Å². The lowest BCUT2D eigenvalue weighted by molar-refractivity contribution is -0.122. The van der Waals surface area contributed by atoms with Gasteiger partial charge in [0.1, 0.15) is 0 Å². The fourth-order valence-electron chi connectivity index (χ4n) is 2.07. The summed E-state index contributed by atoms with van der Waals surface area (Å²) in [5.41, 5.74) is 1.91. The van der Waals surface area contributed by atoms with Crippen molar-refractivity contribution in [1.29, 1.82) is 0 Å². The third-order valence-electron chi connectivity index (χ3n) is 3.08. The molecule has 102 valence electrons. The van der Waals surface area contributed by atoms with Gasteiger partial charge in [0.25, 0.3) is 0 Å². The normalized spacial score (nSPS) is 11.6. The Hall–Kier alpha value is -2.42. The number of hydrogen-bond acceptors (Lipinski definition) is 2. The molecule has 0 spiro atoms. The Morgan fingerprint density at radius 2 is 1.95 bits per heavy atom. The molecule has 1 amide bonds. The largest absolute Gasteiger partial charge is 0.352 e. The summed E-state index contributed by atoms with van der Waals surface area (Å²) in [6.45, 7) is 4.10. The topological polar surface area (TPSA) is 42.0 Å². The van der Waals surface area contributed by atoms with Gasteiger partial charge in [0.2, 0.25) is 5.91 Å². The number of carbonyl (C=O) groups is 1. The second kappa shape index (κ2) is 7.24. The van der Waals surface area contributed by atoms with Crippen LogP contribution >= 0.6 is 0 Å². The van der Waals surface area contributed by atoms with Gasteiger partial charge < -0.3 is 5.32 Å². The number of rotatable bonds is 6. The molecule has 0 saturated heterocycles. The highest BCUT2D eigenvalue weighted by Gasteiger charge is 2.20. The summed E-state index contributed by atoms with van der Waals surface area (Å²) in [6, 6.07) is 15.5. The number of pyridine rings is 1. The Balaban J connectivity index is 2.20. The van der Waals surface area contributed by atoms with Crippen LogP contribution in [0.2, 0.25) is 0 Å². The summed E-state index contributed by atoms with van der Waals surface area (Å²) < 4.78 is 0. The third-order valence-corrected chi connectivity index (χ3v) is 3.08. The first kappa shape index (κ1) is 14.0. The third kappa shape index (κ3) is 3.79. The van der Waals surface area contributed by atoms with Crippen LogP contribution in [0.15, 0.2) is 67.4 Å². The molecule has 1 unspecified atom stereocenters. The van der Waals surface area contributed by atoms with E-state index >= 15 is 0 Å². The van der Waals surface area contributed by atoms with E-state index in [1.807, 2.05) is 48.5 Å². The molecule has 0 saturated carbocycles. The zero-order valence-electron chi connectivity index (χ0n) is 11.3. The molecule has 3 nitrogen and oxygen atoms in total. The molecule has 2 rings (SSSR count). The van der Waals surface area contributed by atoms with E-state index < -0.39 is 0 Å². The highest BCUT2D eigenvalue weighted by atomic mass is 16.1. The van der Waals surface area contributed by atoms with Crippen molar-refractivity contribution in [3.05, 3.63) is 78.6 Å². The minimum Gasteiger partial charge on any atom is -0.352 e. The summed E-state index contributed by atoms with van der Waals surface area (Å²) in [6.07, 6.45) is 4.02. The quantitative estimate of drug-likeness (QED) is 0.817. The lowest BCUT2D eigenvalue weighted by atomic mass is 9.93. The van der Waals surface area contributed by atoms with Crippen LogP contribution in [-0.2, 0) is 11.2 Å². The van der Waals surface area contributed by atoms with Crippen LogP contribution in [0.4, 0.5) is 0 Å². The van der Waals surface area contributed by atoms with Gasteiger partial charge in [-0.3, -0.25) is 9.78 Å². The van der Waals surface area contributed by atoms with Gasteiger partial charge in [-0.15, -0.1) is 6.58 Å². The van der Waals surface area contributed by atoms with Crippen molar-refractivity contribution in [3.8, 4) is 0 Å². The number of nitrogens with one attached hydrogen (secondary N) is 1. The second-order valence-electron chi connectivity index (χ2n) is 4.52. The molecule has 1 atom stereocenters. The first-order valence-corrected chi connectivity index (χ1v) is 6.64. The van der Waals surface area contributed by atoms with Crippen molar-refractivity contribution in [3.63, 3.8) is 0 Å². The number of carbonyl (C=O) groups excluding carboxylic acids is 1. The summed E-state index contributed by atoms with van der Waals surface area (Å²) in [4.78, 5) is 16.6. The maximum atomic E-state index is 12.3. The molecular weight excluding hydrogens is 248 g/mol. The van der Waals surface area contributed by atoms with E-state index in [4.69, 9.17) is 0 Å². The Kier molecular flexibility index (Phi) is 5.07. The first-order valence-electron chi connectivity index (χ1n) is 6.64. The fourth-order valence-corrected chi connectivity index (χ4v) is 2.07. The summed E-state index contributed by atoms with van der Waals surface area (Å²) in [5.74, 6) is -0.229. The van der Waals surface area contributed by atoms with Crippen LogP contribution in [0.5, 0.6) is 0 Å². The maximum absolute atomic E-state index is 12.3. The van der Waals surface area contributed by atoms with Gasteiger partial charge >= 0.3 is 0 Å². The highest BCUT2D eigenvalue weighted by molar-refractivity contribution is 5.84. The average Bonchev–Trinajstić information content (AvgIpc) is 2.52. The van der Waals surface area contributed by atoms with Crippen molar-refractivity contribution in [1.82, 2.24) is 10.3 Å². The van der Waals surface area contributed by atoms with Gasteiger partial charge in [0.05, 0.1) is 5.92 Å². The first-order chi connectivity index (χ1) is 9.81. The molecule has 1 aromatic carbocycles. The van der Waals surface area contributed by atoms with E-state index in [0.29, 0.717) is 13.0 Å². The molecule has 1 N–H and O–H groups in total. The lowest BCUT2D eigenvalue weighted by Gasteiger charge is -2.16. The molecular formula is C17H18N2O. The van der Waals surface area contributed by atoms with Crippen LogP contribution in [0.3, 0.4) is 0 Å². The Bertz CT molecular complexity index is 552. The van der Waals surface area contributed by atoms with E-state index in [1.54, 1.807) is 12.3 Å². The molecule has 0 radical (unpaired) electrons. The van der Waals surface area contributed by atoms with Gasteiger partial charge in [0, 0.05) is 24.9 Å². The fraction of sp³-hybridized carbons (Fsp3) is 0.176. The van der Waals surface area contributed by atoms with E-state index in [0.717, 1.165) is 11.3 Å². The molecule has 1 aromatic heterocycles. The molecule has 0 aliphatic carbocycles. The lowest BCUT2D eigenvalue weighted by Crippen LogP contribution is -2.30. The number of benzene rings is 1. The van der Waals surface area contributed by atoms with Crippen molar-refractivity contribution >= 4 is 5.91 Å².